The normalized spacial score (nSPS) is 15.2. The number of hydrogen-bond donors (Lipinski definition) is 1. The average Bonchev–Trinajstić information content (AvgIpc) is 2.70. The molecule has 0 saturated carbocycles. The van der Waals surface area contributed by atoms with Crippen LogP contribution in [0.1, 0.15) is 22.8 Å². The summed E-state index contributed by atoms with van der Waals surface area (Å²) in [6, 6.07) is 12.0. The number of pyridine rings is 1. The fraction of sp³-hybridized carbons (Fsp3) is 0.350. The van der Waals surface area contributed by atoms with Gasteiger partial charge in [0, 0.05) is 19.3 Å². The van der Waals surface area contributed by atoms with Crippen molar-refractivity contribution < 1.29 is 14.3 Å². The third-order valence-electron chi connectivity index (χ3n) is 4.50. The second kappa shape index (κ2) is 8.64. The molecule has 2 aromatic rings. The third kappa shape index (κ3) is 4.62. The van der Waals surface area contributed by atoms with Gasteiger partial charge in [-0.15, -0.1) is 0 Å². The second-order valence-electron chi connectivity index (χ2n) is 6.47. The number of rotatable bonds is 5. The molecular formula is C20H23N3O4. The molecular weight excluding hydrogens is 346 g/mol. The molecule has 1 unspecified atom stereocenters. The van der Waals surface area contributed by atoms with Crippen LogP contribution in [0.3, 0.4) is 0 Å². The molecule has 2 heterocycles. The lowest BCUT2D eigenvalue weighted by atomic mass is 10.2. The van der Waals surface area contributed by atoms with Crippen molar-refractivity contribution in [2.24, 2.45) is 0 Å². The Kier molecular flexibility index (Phi) is 6.03. The van der Waals surface area contributed by atoms with Gasteiger partial charge in [0.05, 0.1) is 19.8 Å². The van der Waals surface area contributed by atoms with Crippen molar-refractivity contribution in [1.82, 2.24) is 14.8 Å². The van der Waals surface area contributed by atoms with Crippen LogP contribution < -0.4 is 10.9 Å². The van der Waals surface area contributed by atoms with Gasteiger partial charge < -0.3 is 19.5 Å². The molecule has 2 amide bonds. The predicted octanol–water partition coefficient (Wildman–Crippen LogP) is 0.874. The van der Waals surface area contributed by atoms with Gasteiger partial charge >= 0.3 is 0 Å². The Hall–Kier alpha value is -2.93. The molecule has 1 N–H and O–H groups in total. The van der Waals surface area contributed by atoms with E-state index in [2.05, 4.69) is 5.32 Å². The Bertz CT molecular complexity index is 857. The number of aromatic nitrogens is 1. The van der Waals surface area contributed by atoms with E-state index in [0.29, 0.717) is 32.8 Å². The monoisotopic (exact) mass is 369 g/mol. The fourth-order valence-corrected chi connectivity index (χ4v) is 3.01. The maximum atomic E-state index is 12.7. The summed E-state index contributed by atoms with van der Waals surface area (Å²) in [5, 5.41) is 2.64. The highest BCUT2D eigenvalue weighted by Crippen LogP contribution is 2.03. The Morgan fingerprint density at radius 1 is 1.11 bits per heavy atom. The van der Waals surface area contributed by atoms with E-state index in [-0.39, 0.29) is 17.0 Å². The highest BCUT2D eigenvalue weighted by molar-refractivity contribution is 5.97. The molecule has 1 aromatic carbocycles. The summed E-state index contributed by atoms with van der Waals surface area (Å²) in [4.78, 5) is 39.3. The van der Waals surface area contributed by atoms with Crippen LogP contribution in [0, 0.1) is 0 Å². The number of morpholine rings is 1. The minimum Gasteiger partial charge on any atom is -0.378 e. The van der Waals surface area contributed by atoms with E-state index < -0.39 is 11.9 Å². The van der Waals surface area contributed by atoms with E-state index in [9.17, 15) is 14.4 Å². The molecule has 142 valence electrons. The van der Waals surface area contributed by atoms with Gasteiger partial charge in [0.25, 0.3) is 11.5 Å². The lowest BCUT2D eigenvalue weighted by Gasteiger charge is -2.29. The van der Waals surface area contributed by atoms with Crippen LogP contribution in [0.2, 0.25) is 0 Å². The van der Waals surface area contributed by atoms with Crippen molar-refractivity contribution in [2.75, 3.05) is 26.3 Å². The zero-order chi connectivity index (χ0) is 19.2. The van der Waals surface area contributed by atoms with Crippen LogP contribution in [-0.2, 0) is 16.1 Å². The van der Waals surface area contributed by atoms with Crippen LogP contribution in [0.25, 0.3) is 0 Å². The number of carbonyl (C=O) groups excluding carboxylic acids is 2. The molecule has 0 spiro atoms. The minimum atomic E-state index is -0.710. The summed E-state index contributed by atoms with van der Waals surface area (Å²) in [5.74, 6) is -0.719. The predicted molar refractivity (Wildman–Crippen MR) is 101 cm³/mol. The van der Waals surface area contributed by atoms with Crippen molar-refractivity contribution in [3.8, 4) is 0 Å². The minimum absolute atomic E-state index is 0.0232. The first-order valence-electron chi connectivity index (χ1n) is 8.97. The second-order valence-corrected chi connectivity index (χ2v) is 6.47. The molecule has 0 aliphatic carbocycles. The first-order chi connectivity index (χ1) is 13.1. The summed E-state index contributed by atoms with van der Waals surface area (Å²) < 4.78 is 6.72. The standard InChI is InChI=1S/C20H23N3O4/c1-15(19(25)22-10-12-27-13-11-22)21-18(24)17-8-5-9-23(20(17)26)14-16-6-3-2-4-7-16/h2-9,15H,10-14H2,1H3,(H,21,24). The molecule has 0 bridgehead atoms. The largest absolute Gasteiger partial charge is 0.378 e. The fourth-order valence-electron chi connectivity index (χ4n) is 3.01. The Labute approximate surface area is 157 Å². The topological polar surface area (TPSA) is 80.6 Å². The smallest absolute Gasteiger partial charge is 0.263 e. The molecule has 7 nitrogen and oxygen atoms in total. The van der Waals surface area contributed by atoms with Crippen LogP contribution in [0.15, 0.2) is 53.5 Å². The van der Waals surface area contributed by atoms with Gasteiger partial charge in [-0.25, -0.2) is 0 Å². The lowest BCUT2D eigenvalue weighted by molar-refractivity contribution is -0.136. The van der Waals surface area contributed by atoms with Crippen molar-refractivity contribution in [3.63, 3.8) is 0 Å². The number of benzene rings is 1. The maximum Gasteiger partial charge on any atom is 0.263 e. The number of carbonyl (C=O) groups is 2. The number of ether oxygens (including phenoxy) is 1. The van der Waals surface area contributed by atoms with Crippen LogP contribution in [-0.4, -0.2) is 53.6 Å². The van der Waals surface area contributed by atoms with Gasteiger partial charge in [-0.3, -0.25) is 14.4 Å². The summed E-state index contributed by atoms with van der Waals surface area (Å²) >= 11 is 0. The van der Waals surface area contributed by atoms with Crippen LogP contribution in [0.5, 0.6) is 0 Å². The highest BCUT2D eigenvalue weighted by atomic mass is 16.5. The summed E-state index contributed by atoms with van der Waals surface area (Å²) in [7, 11) is 0. The zero-order valence-electron chi connectivity index (χ0n) is 15.3. The average molecular weight is 369 g/mol. The van der Waals surface area contributed by atoms with Gasteiger partial charge in [-0.05, 0) is 24.6 Å². The molecule has 1 aromatic heterocycles. The highest BCUT2D eigenvalue weighted by Gasteiger charge is 2.24. The summed E-state index contributed by atoms with van der Waals surface area (Å²) in [5.41, 5.74) is 0.605. The Morgan fingerprint density at radius 2 is 1.81 bits per heavy atom. The van der Waals surface area contributed by atoms with E-state index in [1.165, 1.54) is 10.6 Å². The third-order valence-corrected chi connectivity index (χ3v) is 4.50. The molecule has 0 radical (unpaired) electrons. The molecule has 7 heteroatoms. The number of nitrogens with zero attached hydrogens (tertiary/aromatic N) is 2. The molecule has 1 fully saturated rings. The van der Waals surface area contributed by atoms with Crippen molar-refractivity contribution >= 4 is 11.8 Å². The van der Waals surface area contributed by atoms with Gasteiger partial charge in [-0.2, -0.15) is 0 Å². The molecule has 27 heavy (non-hydrogen) atoms. The van der Waals surface area contributed by atoms with E-state index >= 15 is 0 Å². The van der Waals surface area contributed by atoms with Crippen molar-refractivity contribution in [2.45, 2.75) is 19.5 Å². The van der Waals surface area contributed by atoms with Crippen LogP contribution >= 0.6 is 0 Å². The molecule has 1 aliphatic heterocycles. The van der Waals surface area contributed by atoms with Gasteiger partial charge in [0.15, 0.2) is 0 Å². The van der Waals surface area contributed by atoms with Gasteiger partial charge in [-0.1, -0.05) is 30.3 Å². The van der Waals surface area contributed by atoms with Crippen molar-refractivity contribution in [1.29, 1.82) is 0 Å². The molecule has 1 saturated heterocycles. The van der Waals surface area contributed by atoms with Gasteiger partial charge in [0.1, 0.15) is 11.6 Å². The first kappa shape index (κ1) is 18.8. The Morgan fingerprint density at radius 3 is 2.52 bits per heavy atom. The van der Waals surface area contributed by atoms with E-state index in [1.54, 1.807) is 24.1 Å². The van der Waals surface area contributed by atoms with Gasteiger partial charge in [0.2, 0.25) is 5.91 Å². The lowest BCUT2D eigenvalue weighted by Crippen LogP contribution is -2.51. The van der Waals surface area contributed by atoms with E-state index in [0.717, 1.165) is 5.56 Å². The van der Waals surface area contributed by atoms with Crippen LogP contribution in [0.4, 0.5) is 0 Å². The van der Waals surface area contributed by atoms with E-state index in [4.69, 9.17) is 4.74 Å². The molecule has 1 aliphatic rings. The first-order valence-corrected chi connectivity index (χ1v) is 8.97. The number of amides is 2. The number of hydrogen-bond acceptors (Lipinski definition) is 4. The summed E-state index contributed by atoms with van der Waals surface area (Å²) in [6.45, 7) is 4.01. The Balaban J connectivity index is 1.70. The summed E-state index contributed by atoms with van der Waals surface area (Å²) in [6.07, 6.45) is 1.65. The molecule has 3 rings (SSSR count). The zero-order valence-corrected chi connectivity index (χ0v) is 15.3. The number of nitrogens with one attached hydrogen (secondary N) is 1. The maximum absolute atomic E-state index is 12.7. The SMILES string of the molecule is CC(NC(=O)c1cccn(Cc2ccccc2)c1=O)C(=O)N1CCOCC1. The molecule has 1 atom stereocenters. The van der Waals surface area contributed by atoms with E-state index in [1.807, 2.05) is 30.3 Å². The van der Waals surface area contributed by atoms with Crippen molar-refractivity contribution in [3.05, 3.63) is 70.1 Å². The quantitative estimate of drug-likeness (QED) is 0.848.